The van der Waals surface area contributed by atoms with Crippen LogP contribution in [0.1, 0.15) is 119 Å². The van der Waals surface area contributed by atoms with E-state index in [0.29, 0.717) is 0 Å². The van der Waals surface area contributed by atoms with Gasteiger partial charge < -0.3 is 0 Å². The van der Waals surface area contributed by atoms with E-state index in [9.17, 15) is 0 Å². The minimum absolute atomic E-state index is 1.30. The fourth-order valence-corrected chi connectivity index (χ4v) is 45.2. The molecule has 0 atom stereocenters. The molecule has 0 saturated heterocycles. The Morgan fingerprint density at radius 3 is 0.677 bits per heavy atom. The fourth-order valence-electron chi connectivity index (χ4n) is 10.4. The van der Waals surface area contributed by atoms with E-state index in [-0.39, 0.29) is 0 Å². The predicted molar refractivity (Wildman–Crippen MR) is 290 cm³/mol. The van der Waals surface area contributed by atoms with Crippen LogP contribution in [0.3, 0.4) is 0 Å². The first-order valence-electron chi connectivity index (χ1n) is 25.1. The van der Waals surface area contributed by atoms with Gasteiger partial charge in [-0.15, -0.1) is 0 Å². The summed E-state index contributed by atoms with van der Waals surface area (Å²) >= 11 is -4.74. The molecule has 4 heteroatoms. The van der Waals surface area contributed by atoms with Gasteiger partial charge in [-0.05, 0) is 0 Å². The standard InChI is InChI=1S/C58H82Ge2Si2/c1-7-13-43-59(44-14-8-2,45-15-9-3)49-51-61(53-31-23-19-24-32-53,54-33-25-20-26-34-54)57-39-41-58(42-40-57)62(55-35-27-21-28-36-55,56-37-29-22-30-38-56)52-50-60(46-16-10-4,47-17-11-5)48-18-12-6/h19-42,49-52H,7-18,43-48H2,1-6H3/b51-49+,52-50+. The molecule has 0 bridgehead atoms. The van der Waals surface area contributed by atoms with Crippen LogP contribution in [0.25, 0.3) is 0 Å². The first-order chi connectivity index (χ1) is 30.4. The van der Waals surface area contributed by atoms with Crippen LogP contribution in [-0.4, -0.2) is 42.7 Å². The Bertz CT molecular complexity index is 1740. The third-order valence-corrected chi connectivity index (χ3v) is 45.1. The summed E-state index contributed by atoms with van der Waals surface area (Å²) in [6.07, 6.45) is 16.0. The zero-order valence-corrected chi connectivity index (χ0v) is 46.1. The Hall–Kier alpha value is -2.90. The molecular formula is C58H82Ge2Si2. The second-order valence-corrected chi connectivity index (χ2v) is 45.2. The minimum atomic E-state index is -2.61. The van der Waals surface area contributed by atoms with E-state index in [1.807, 2.05) is 0 Å². The fraction of sp³-hybridized carbons (Fsp3) is 0.414. The van der Waals surface area contributed by atoms with E-state index in [1.165, 1.54) is 140 Å². The van der Waals surface area contributed by atoms with E-state index >= 15 is 0 Å². The molecule has 0 radical (unpaired) electrons. The molecule has 330 valence electrons. The van der Waals surface area contributed by atoms with E-state index in [2.05, 4.69) is 208 Å². The van der Waals surface area contributed by atoms with Gasteiger partial charge in [0.1, 0.15) is 0 Å². The monoisotopic (exact) mass is 982 g/mol. The molecular weight excluding hydrogens is 898 g/mol. The summed E-state index contributed by atoms with van der Waals surface area (Å²) in [7, 11) is -5.22. The van der Waals surface area contributed by atoms with Crippen LogP contribution in [0, 0.1) is 0 Å². The van der Waals surface area contributed by atoms with E-state index in [4.69, 9.17) is 0 Å². The molecule has 5 rings (SSSR count). The number of rotatable bonds is 28. The summed E-state index contributed by atoms with van der Waals surface area (Å²) in [6.45, 7) is 14.4. The number of hydrogen-bond donors (Lipinski definition) is 0. The molecule has 0 saturated carbocycles. The number of hydrogen-bond acceptors (Lipinski definition) is 0. The molecule has 0 N–H and O–H groups in total. The molecule has 0 aliphatic heterocycles. The van der Waals surface area contributed by atoms with Gasteiger partial charge in [-0.3, -0.25) is 0 Å². The Morgan fingerprint density at radius 1 is 0.290 bits per heavy atom. The Kier molecular flexibility index (Phi) is 21.1. The van der Waals surface area contributed by atoms with Gasteiger partial charge in [-0.25, -0.2) is 0 Å². The summed E-state index contributed by atoms with van der Waals surface area (Å²) in [4.78, 5) is 5.96. The van der Waals surface area contributed by atoms with Crippen LogP contribution in [-0.2, 0) is 0 Å². The van der Waals surface area contributed by atoms with Gasteiger partial charge >= 0.3 is 391 Å². The average Bonchev–Trinajstić information content (AvgIpc) is 3.34. The first-order valence-corrected chi connectivity index (χ1v) is 40.6. The summed E-state index contributed by atoms with van der Waals surface area (Å²) in [6, 6.07) is 57.3. The second kappa shape index (κ2) is 26.2. The van der Waals surface area contributed by atoms with Gasteiger partial charge in [-0.2, -0.15) is 0 Å². The summed E-state index contributed by atoms with van der Waals surface area (Å²) < 4.78 is 0. The van der Waals surface area contributed by atoms with E-state index in [1.54, 1.807) is 0 Å². The van der Waals surface area contributed by atoms with Gasteiger partial charge in [-0.1, -0.05) is 0 Å². The van der Waals surface area contributed by atoms with E-state index in [0.717, 1.165) is 0 Å². The number of benzene rings is 5. The van der Waals surface area contributed by atoms with Gasteiger partial charge in [0.25, 0.3) is 0 Å². The molecule has 0 unspecified atom stereocenters. The molecule has 5 aromatic rings. The van der Waals surface area contributed by atoms with Crippen LogP contribution >= 0.6 is 0 Å². The van der Waals surface area contributed by atoms with Crippen molar-refractivity contribution < 1.29 is 0 Å². The average molecular weight is 981 g/mol. The van der Waals surface area contributed by atoms with Crippen molar-refractivity contribution >= 4 is 73.8 Å². The molecule has 0 fully saturated rings. The molecule has 0 aliphatic rings. The van der Waals surface area contributed by atoms with Gasteiger partial charge in [0.2, 0.25) is 0 Å². The van der Waals surface area contributed by atoms with Crippen LogP contribution in [0.2, 0.25) is 31.5 Å². The summed E-state index contributed by atoms with van der Waals surface area (Å²) in [5.74, 6) is 0. The van der Waals surface area contributed by atoms with Crippen LogP contribution in [0.15, 0.2) is 167 Å². The Balaban J connectivity index is 1.82. The van der Waals surface area contributed by atoms with Crippen molar-refractivity contribution in [2.45, 2.75) is 150 Å². The molecule has 5 aromatic carbocycles. The normalized spacial score (nSPS) is 12.7. The molecule has 0 aliphatic carbocycles. The summed E-state index contributed by atoms with van der Waals surface area (Å²) in [5.41, 5.74) is 5.79. The van der Waals surface area contributed by atoms with Gasteiger partial charge in [0.15, 0.2) is 0 Å². The second-order valence-electron chi connectivity index (χ2n) is 18.7. The van der Waals surface area contributed by atoms with Gasteiger partial charge in [0, 0.05) is 0 Å². The zero-order valence-electron chi connectivity index (χ0n) is 39.9. The SMILES string of the molecule is CCC[CH2][Ge](/[CH]=C/[Si](c1ccccc1)(c1ccccc1)c1ccc([Si](/C=[CH]/[Ge]([CH2]CCC)([CH2]CCC)[CH2]CCC)(c2ccccc2)c2ccccc2)cc1)([CH2]CCC)[CH2]CCC. The van der Waals surface area contributed by atoms with Crippen LogP contribution in [0.5, 0.6) is 0 Å². The van der Waals surface area contributed by atoms with Crippen molar-refractivity contribution in [3.8, 4) is 0 Å². The Morgan fingerprint density at radius 2 is 0.484 bits per heavy atom. The zero-order chi connectivity index (χ0) is 44.0. The van der Waals surface area contributed by atoms with Gasteiger partial charge in [0.05, 0.1) is 0 Å². The quantitative estimate of drug-likeness (QED) is 0.0346. The first kappa shape index (κ1) is 50.1. The van der Waals surface area contributed by atoms with Crippen molar-refractivity contribution in [3.63, 3.8) is 0 Å². The molecule has 62 heavy (non-hydrogen) atoms. The Labute approximate surface area is 387 Å². The van der Waals surface area contributed by atoms with Crippen LogP contribution in [0.4, 0.5) is 0 Å². The summed E-state index contributed by atoms with van der Waals surface area (Å²) in [5, 5.41) is 17.8. The third kappa shape index (κ3) is 12.7. The molecule has 0 aromatic heterocycles. The predicted octanol–water partition coefficient (Wildman–Crippen LogP) is 13.6. The molecule has 0 amide bonds. The molecule has 0 spiro atoms. The maximum atomic E-state index is 2.98. The number of unbranched alkanes of at least 4 members (excludes halogenated alkanes) is 6. The topological polar surface area (TPSA) is 0 Å². The van der Waals surface area contributed by atoms with Crippen molar-refractivity contribution in [2.24, 2.45) is 0 Å². The van der Waals surface area contributed by atoms with Crippen molar-refractivity contribution in [1.29, 1.82) is 0 Å². The van der Waals surface area contributed by atoms with E-state index < -0.39 is 42.7 Å². The van der Waals surface area contributed by atoms with Crippen molar-refractivity contribution in [3.05, 3.63) is 167 Å². The third-order valence-electron chi connectivity index (χ3n) is 14.3. The van der Waals surface area contributed by atoms with Crippen molar-refractivity contribution in [2.75, 3.05) is 0 Å². The molecule has 0 heterocycles. The van der Waals surface area contributed by atoms with Crippen LogP contribution < -0.4 is 31.1 Å². The molecule has 0 nitrogen and oxygen atoms in total. The van der Waals surface area contributed by atoms with Crippen molar-refractivity contribution in [1.82, 2.24) is 0 Å². The maximum absolute atomic E-state index is 2.98.